The zero-order chi connectivity index (χ0) is 22.2. The predicted octanol–water partition coefficient (Wildman–Crippen LogP) is 5.37. The Bertz CT molecular complexity index is 798. The van der Waals surface area contributed by atoms with E-state index in [0.29, 0.717) is 17.8 Å². The maximum absolute atomic E-state index is 12.5. The lowest BCUT2D eigenvalue weighted by atomic mass is 9.75. The molecule has 2 aromatic carbocycles. The van der Waals surface area contributed by atoms with Gasteiger partial charge in [-0.2, -0.15) is 0 Å². The lowest BCUT2D eigenvalue weighted by molar-refractivity contribution is -0.166. The first-order valence-corrected chi connectivity index (χ1v) is 11.2. The summed E-state index contributed by atoms with van der Waals surface area (Å²) in [7, 11) is 0. The summed E-state index contributed by atoms with van der Waals surface area (Å²) >= 11 is 0. The van der Waals surface area contributed by atoms with Gasteiger partial charge in [0.2, 0.25) is 0 Å². The molecule has 0 N–H and O–H groups in total. The fourth-order valence-corrected chi connectivity index (χ4v) is 4.31. The topological polar surface area (TPSA) is 55.8 Å². The highest BCUT2D eigenvalue weighted by Crippen LogP contribution is 2.35. The highest BCUT2D eigenvalue weighted by molar-refractivity contribution is 5.82. The highest BCUT2D eigenvalue weighted by atomic mass is 16.6. The number of benzene rings is 2. The number of carbonyl (C=O) groups excluding carboxylic acids is 2. The normalized spacial score (nSPS) is 20.8. The molecule has 1 aliphatic carbocycles. The lowest BCUT2D eigenvalue weighted by Gasteiger charge is -2.36. The van der Waals surface area contributed by atoms with Crippen LogP contribution in [0.25, 0.3) is 0 Å². The Morgan fingerprint density at radius 3 is 2.06 bits per heavy atom. The van der Waals surface area contributed by atoms with Crippen molar-refractivity contribution in [2.45, 2.75) is 46.1 Å². The summed E-state index contributed by atoms with van der Waals surface area (Å²) in [6.07, 6.45) is 3.01. The molecule has 3 unspecified atom stereocenters. The molecule has 0 saturated heterocycles. The number of anilines is 2. The Morgan fingerprint density at radius 2 is 1.52 bits per heavy atom. The van der Waals surface area contributed by atoms with E-state index in [9.17, 15) is 9.59 Å². The Kier molecular flexibility index (Phi) is 8.10. The van der Waals surface area contributed by atoms with Gasteiger partial charge in [0, 0.05) is 11.4 Å². The number of esters is 2. The van der Waals surface area contributed by atoms with Crippen molar-refractivity contribution in [3.8, 4) is 0 Å². The van der Waals surface area contributed by atoms with Gasteiger partial charge < -0.3 is 14.4 Å². The summed E-state index contributed by atoms with van der Waals surface area (Å²) < 4.78 is 11.0. The Morgan fingerprint density at radius 1 is 0.935 bits per heavy atom. The van der Waals surface area contributed by atoms with Crippen LogP contribution in [0.1, 0.15) is 40.0 Å². The first-order valence-electron chi connectivity index (χ1n) is 11.2. The predicted molar refractivity (Wildman–Crippen MR) is 122 cm³/mol. The van der Waals surface area contributed by atoms with Gasteiger partial charge in [-0.15, -0.1) is 0 Å². The molecule has 1 fully saturated rings. The molecule has 31 heavy (non-hydrogen) atoms. The molecule has 166 valence electrons. The third-order valence-electron chi connectivity index (χ3n) is 6.02. The third kappa shape index (κ3) is 6.58. The second-order valence-corrected chi connectivity index (χ2v) is 8.77. The molecule has 5 nitrogen and oxygen atoms in total. The Hall–Kier alpha value is -2.82. The molecule has 0 heterocycles. The standard InChI is InChI=1S/C26H33NO4/c1-19(2)23-15-14-20(3)16-24(23)31-26(29)18-30-25(28)17-27(21-10-6-4-7-11-21)22-12-8-5-9-13-22/h4-13,19-20,23-24H,14-18H2,1-3H3. The van der Waals surface area contributed by atoms with E-state index in [0.717, 1.165) is 24.2 Å². The van der Waals surface area contributed by atoms with Gasteiger partial charge in [0.25, 0.3) is 0 Å². The van der Waals surface area contributed by atoms with E-state index in [4.69, 9.17) is 9.47 Å². The zero-order valence-electron chi connectivity index (χ0n) is 18.7. The molecular weight excluding hydrogens is 390 g/mol. The summed E-state index contributed by atoms with van der Waals surface area (Å²) in [6.45, 7) is 6.19. The van der Waals surface area contributed by atoms with E-state index >= 15 is 0 Å². The largest absolute Gasteiger partial charge is 0.460 e. The van der Waals surface area contributed by atoms with E-state index in [2.05, 4.69) is 20.8 Å². The minimum atomic E-state index is -0.470. The fraction of sp³-hybridized carbons (Fsp3) is 0.462. The molecule has 1 saturated carbocycles. The third-order valence-corrected chi connectivity index (χ3v) is 6.02. The average molecular weight is 424 g/mol. The van der Waals surface area contributed by atoms with Crippen molar-refractivity contribution in [3.05, 3.63) is 60.7 Å². The Balaban J connectivity index is 1.57. The van der Waals surface area contributed by atoms with Gasteiger partial charge in [-0.1, -0.05) is 63.6 Å². The number of hydrogen-bond acceptors (Lipinski definition) is 5. The van der Waals surface area contributed by atoms with Gasteiger partial charge in [-0.05, 0) is 54.9 Å². The van der Waals surface area contributed by atoms with Gasteiger partial charge in [-0.25, -0.2) is 4.79 Å². The lowest BCUT2D eigenvalue weighted by Crippen LogP contribution is -2.37. The SMILES string of the molecule is CC1CCC(C(C)C)C(OC(=O)COC(=O)CN(c2ccccc2)c2ccccc2)C1. The van der Waals surface area contributed by atoms with Crippen molar-refractivity contribution >= 4 is 23.3 Å². The van der Waals surface area contributed by atoms with E-state index < -0.39 is 11.9 Å². The summed E-state index contributed by atoms with van der Waals surface area (Å²) in [6, 6.07) is 19.3. The number of para-hydroxylation sites is 2. The molecule has 0 bridgehead atoms. The van der Waals surface area contributed by atoms with Crippen LogP contribution in [0.15, 0.2) is 60.7 Å². The minimum absolute atomic E-state index is 0.0103. The van der Waals surface area contributed by atoms with Gasteiger partial charge in [0.1, 0.15) is 12.6 Å². The van der Waals surface area contributed by atoms with Crippen LogP contribution >= 0.6 is 0 Å². The van der Waals surface area contributed by atoms with Crippen LogP contribution < -0.4 is 4.90 Å². The van der Waals surface area contributed by atoms with E-state index in [1.165, 1.54) is 6.42 Å². The first kappa shape index (κ1) is 22.9. The number of carbonyl (C=O) groups is 2. The van der Waals surface area contributed by atoms with Crippen LogP contribution in [-0.2, 0) is 19.1 Å². The van der Waals surface area contributed by atoms with Crippen LogP contribution in [0.3, 0.4) is 0 Å². The quantitative estimate of drug-likeness (QED) is 0.534. The number of rotatable bonds is 8. The van der Waals surface area contributed by atoms with Gasteiger partial charge in [-0.3, -0.25) is 4.79 Å². The van der Waals surface area contributed by atoms with E-state index in [1.807, 2.05) is 65.6 Å². The monoisotopic (exact) mass is 423 g/mol. The molecule has 3 atom stereocenters. The van der Waals surface area contributed by atoms with Crippen molar-refractivity contribution in [3.63, 3.8) is 0 Å². The molecule has 0 spiro atoms. The summed E-state index contributed by atoms with van der Waals surface area (Å²) in [4.78, 5) is 26.8. The molecule has 2 aromatic rings. The minimum Gasteiger partial charge on any atom is -0.460 e. The van der Waals surface area contributed by atoms with Crippen molar-refractivity contribution < 1.29 is 19.1 Å². The molecule has 0 aliphatic heterocycles. The smallest absolute Gasteiger partial charge is 0.344 e. The van der Waals surface area contributed by atoms with Crippen molar-refractivity contribution in [2.75, 3.05) is 18.1 Å². The van der Waals surface area contributed by atoms with Crippen LogP contribution in [0.5, 0.6) is 0 Å². The fourth-order valence-electron chi connectivity index (χ4n) is 4.31. The number of hydrogen-bond donors (Lipinski definition) is 0. The molecular formula is C26H33NO4. The van der Waals surface area contributed by atoms with E-state index in [1.54, 1.807) is 0 Å². The van der Waals surface area contributed by atoms with Crippen molar-refractivity contribution in [1.29, 1.82) is 0 Å². The molecule has 0 radical (unpaired) electrons. The van der Waals surface area contributed by atoms with Crippen LogP contribution in [0, 0.1) is 17.8 Å². The van der Waals surface area contributed by atoms with Crippen molar-refractivity contribution in [2.24, 2.45) is 17.8 Å². The zero-order valence-corrected chi connectivity index (χ0v) is 18.7. The molecule has 5 heteroatoms. The van der Waals surface area contributed by atoms with Gasteiger partial charge in [0.15, 0.2) is 6.61 Å². The second kappa shape index (κ2) is 11.0. The highest BCUT2D eigenvalue weighted by Gasteiger charge is 2.33. The summed E-state index contributed by atoms with van der Waals surface area (Å²) in [5, 5.41) is 0. The molecule has 3 rings (SSSR count). The second-order valence-electron chi connectivity index (χ2n) is 8.77. The first-order chi connectivity index (χ1) is 14.9. The van der Waals surface area contributed by atoms with Gasteiger partial charge in [0.05, 0.1) is 0 Å². The van der Waals surface area contributed by atoms with E-state index in [-0.39, 0.29) is 19.3 Å². The molecule has 0 aromatic heterocycles. The summed E-state index contributed by atoms with van der Waals surface area (Å²) in [5.74, 6) is 0.424. The molecule has 0 amide bonds. The Labute approximate surface area is 185 Å². The van der Waals surface area contributed by atoms with Crippen LogP contribution in [0.4, 0.5) is 11.4 Å². The van der Waals surface area contributed by atoms with Crippen LogP contribution in [0.2, 0.25) is 0 Å². The van der Waals surface area contributed by atoms with Gasteiger partial charge >= 0.3 is 11.9 Å². The van der Waals surface area contributed by atoms with Crippen LogP contribution in [-0.4, -0.2) is 31.2 Å². The maximum atomic E-state index is 12.5. The molecule has 1 aliphatic rings. The number of ether oxygens (including phenoxy) is 2. The summed E-state index contributed by atoms with van der Waals surface area (Å²) in [5.41, 5.74) is 1.76. The van der Waals surface area contributed by atoms with Crippen molar-refractivity contribution in [1.82, 2.24) is 0 Å². The average Bonchev–Trinajstić information content (AvgIpc) is 2.77. The number of nitrogens with zero attached hydrogens (tertiary/aromatic N) is 1. The maximum Gasteiger partial charge on any atom is 0.344 e.